The predicted molar refractivity (Wildman–Crippen MR) is 115 cm³/mol. The van der Waals surface area contributed by atoms with Crippen LogP contribution in [0.2, 0.25) is 0 Å². The monoisotopic (exact) mass is 482 g/mol. The van der Waals surface area contributed by atoms with Gasteiger partial charge in [-0.05, 0) is 40.0 Å². The molecule has 0 aromatic carbocycles. The molecule has 1 saturated heterocycles. The predicted octanol–water partition coefficient (Wildman–Crippen LogP) is 2.15. The van der Waals surface area contributed by atoms with Crippen LogP contribution in [0.4, 0.5) is 0 Å². The fourth-order valence-electron chi connectivity index (χ4n) is 2.76. The smallest absolute Gasteiger partial charge is 0.310 e. The molecule has 26 heavy (non-hydrogen) atoms. The fourth-order valence-corrected chi connectivity index (χ4v) is 2.76. The van der Waals surface area contributed by atoms with Crippen molar-refractivity contribution in [1.29, 1.82) is 0 Å². The van der Waals surface area contributed by atoms with Gasteiger partial charge in [-0.2, -0.15) is 0 Å². The van der Waals surface area contributed by atoms with Crippen LogP contribution in [-0.2, 0) is 14.3 Å². The molecule has 0 aromatic rings. The van der Waals surface area contributed by atoms with Gasteiger partial charge in [-0.1, -0.05) is 6.92 Å². The Hall–Kier alpha value is -1.06. The van der Waals surface area contributed by atoms with Crippen molar-refractivity contribution in [2.45, 2.75) is 59.4 Å². The van der Waals surface area contributed by atoms with E-state index in [1.165, 1.54) is 0 Å². The van der Waals surface area contributed by atoms with Crippen LogP contribution in [0.15, 0.2) is 4.99 Å². The van der Waals surface area contributed by atoms with E-state index >= 15 is 0 Å². The van der Waals surface area contributed by atoms with Crippen molar-refractivity contribution in [2.75, 3.05) is 32.8 Å². The number of carbonyl (C=O) groups excluding carboxylic acids is 2. The van der Waals surface area contributed by atoms with E-state index in [1.807, 2.05) is 27.7 Å². The molecule has 152 valence electrons. The lowest BCUT2D eigenvalue weighted by Gasteiger charge is -2.34. The summed E-state index contributed by atoms with van der Waals surface area (Å²) in [5.41, 5.74) is 0. The normalized spacial score (nSPS) is 18.5. The van der Waals surface area contributed by atoms with Crippen molar-refractivity contribution in [3.63, 3.8) is 0 Å². The number of ether oxygens (including phenoxy) is 1. The van der Waals surface area contributed by atoms with Gasteiger partial charge in [0.1, 0.15) is 0 Å². The van der Waals surface area contributed by atoms with Crippen LogP contribution in [-0.4, -0.2) is 61.6 Å². The van der Waals surface area contributed by atoms with Crippen LogP contribution in [0.1, 0.15) is 53.4 Å². The van der Waals surface area contributed by atoms with E-state index in [4.69, 9.17) is 4.74 Å². The Morgan fingerprint density at radius 2 is 2.04 bits per heavy atom. The lowest BCUT2D eigenvalue weighted by atomic mass is 9.98. The first-order valence-corrected chi connectivity index (χ1v) is 9.50. The standard InChI is InChI=1S/C18H34N4O3.HI/c1-5-14(4)21-16(23)10-11-20-18(19-6-2)22-12-8-9-15(13-22)17(24)25-7-3;/h14-15H,5-13H2,1-4H3,(H,19,20)(H,21,23);1H. The third-order valence-corrected chi connectivity index (χ3v) is 4.30. The molecule has 2 unspecified atom stereocenters. The number of hydrogen-bond donors (Lipinski definition) is 2. The second kappa shape index (κ2) is 14.1. The van der Waals surface area contributed by atoms with Gasteiger partial charge in [-0.25, -0.2) is 0 Å². The highest BCUT2D eigenvalue weighted by Crippen LogP contribution is 2.18. The number of likely N-dealkylation sites (tertiary alicyclic amines) is 1. The van der Waals surface area contributed by atoms with Crippen molar-refractivity contribution in [3.8, 4) is 0 Å². The van der Waals surface area contributed by atoms with E-state index in [2.05, 4.69) is 20.5 Å². The number of halogens is 1. The quantitative estimate of drug-likeness (QED) is 0.240. The molecule has 1 aliphatic rings. The summed E-state index contributed by atoms with van der Waals surface area (Å²) in [6.07, 6.45) is 3.07. The lowest BCUT2D eigenvalue weighted by molar-refractivity contribution is -0.149. The fraction of sp³-hybridized carbons (Fsp3) is 0.833. The Kier molecular flexibility index (Phi) is 13.5. The molecule has 2 atom stereocenters. The maximum atomic E-state index is 12.0. The molecule has 0 spiro atoms. The van der Waals surface area contributed by atoms with E-state index in [0.29, 0.717) is 26.1 Å². The summed E-state index contributed by atoms with van der Waals surface area (Å²) in [7, 11) is 0. The maximum absolute atomic E-state index is 12.0. The number of hydrogen-bond acceptors (Lipinski definition) is 4. The Morgan fingerprint density at radius 1 is 1.31 bits per heavy atom. The third kappa shape index (κ3) is 9.05. The van der Waals surface area contributed by atoms with Gasteiger partial charge in [0.25, 0.3) is 0 Å². The van der Waals surface area contributed by atoms with Crippen LogP contribution in [0.25, 0.3) is 0 Å². The molecule has 8 heteroatoms. The van der Waals surface area contributed by atoms with Crippen molar-refractivity contribution in [2.24, 2.45) is 10.9 Å². The number of nitrogens with one attached hydrogen (secondary N) is 2. The lowest BCUT2D eigenvalue weighted by Crippen LogP contribution is -2.48. The average molecular weight is 482 g/mol. The van der Waals surface area contributed by atoms with Crippen LogP contribution >= 0.6 is 24.0 Å². The Bertz CT molecular complexity index is 460. The first-order chi connectivity index (χ1) is 12.0. The molecular weight excluding hydrogens is 447 g/mol. The molecule has 1 rings (SSSR count). The molecule has 1 fully saturated rings. The zero-order valence-electron chi connectivity index (χ0n) is 16.5. The first kappa shape index (κ1) is 24.9. The molecule has 0 bridgehead atoms. The van der Waals surface area contributed by atoms with Gasteiger partial charge >= 0.3 is 5.97 Å². The van der Waals surface area contributed by atoms with Crippen molar-refractivity contribution in [3.05, 3.63) is 0 Å². The van der Waals surface area contributed by atoms with Crippen LogP contribution in [0.5, 0.6) is 0 Å². The molecule has 7 nitrogen and oxygen atoms in total. The van der Waals surface area contributed by atoms with Gasteiger partial charge in [0.2, 0.25) is 5.91 Å². The minimum absolute atomic E-state index is 0. The number of piperidine rings is 1. The SMILES string of the molecule is CCNC(=NCCC(=O)NC(C)CC)N1CCCC(C(=O)OCC)C1.I. The van der Waals surface area contributed by atoms with Crippen molar-refractivity contribution in [1.82, 2.24) is 15.5 Å². The highest BCUT2D eigenvalue weighted by Gasteiger charge is 2.28. The number of nitrogens with zero attached hydrogens (tertiary/aromatic N) is 2. The van der Waals surface area contributed by atoms with Crippen molar-refractivity contribution < 1.29 is 14.3 Å². The van der Waals surface area contributed by atoms with Crippen molar-refractivity contribution >= 4 is 41.8 Å². The highest BCUT2D eigenvalue weighted by molar-refractivity contribution is 14.0. The highest BCUT2D eigenvalue weighted by atomic mass is 127. The molecule has 1 heterocycles. The van der Waals surface area contributed by atoms with Gasteiger partial charge in [0, 0.05) is 32.1 Å². The summed E-state index contributed by atoms with van der Waals surface area (Å²) in [6, 6.07) is 0.192. The number of aliphatic imine (C=N–C) groups is 1. The summed E-state index contributed by atoms with van der Waals surface area (Å²) in [5, 5.41) is 6.21. The van der Waals surface area contributed by atoms with E-state index in [9.17, 15) is 9.59 Å². The maximum Gasteiger partial charge on any atom is 0.310 e. The largest absolute Gasteiger partial charge is 0.466 e. The topological polar surface area (TPSA) is 83.0 Å². The summed E-state index contributed by atoms with van der Waals surface area (Å²) >= 11 is 0. The number of rotatable bonds is 8. The number of amides is 1. The average Bonchev–Trinajstić information content (AvgIpc) is 2.61. The van der Waals surface area contributed by atoms with Gasteiger partial charge in [-0.3, -0.25) is 14.6 Å². The summed E-state index contributed by atoms with van der Waals surface area (Å²) < 4.78 is 5.15. The Balaban J connectivity index is 0.00000625. The third-order valence-electron chi connectivity index (χ3n) is 4.30. The first-order valence-electron chi connectivity index (χ1n) is 9.50. The van der Waals surface area contributed by atoms with Gasteiger partial charge in [0.15, 0.2) is 5.96 Å². The summed E-state index contributed by atoms with van der Waals surface area (Å²) in [6.45, 7) is 11.0. The number of carbonyl (C=O) groups is 2. The second-order valence-electron chi connectivity index (χ2n) is 6.40. The van der Waals surface area contributed by atoms with Crippen LogP contribution in [0.3, 0.4) is 0 Å². The van der Waals surface area contributed by atoms with Gasteiger partial charge in [-0.15, -0.1) is 24.0 Å². The summed E-state index contributed by atoms with van der Waals surface area (Å²) in [4.78, 5) is 30.5. The van der Waals surface area contributed by atoms with E-state index in [0.717, 1.165) is 38.3 Å². The Morgan fingerprint density at radius 3 is 2.65 bits per heavy atom. The molecule has 0 aliphatic carbocycles. The minimum Gasteiger partial charge on any atom is -0.466 e. The van der Waals surface area contributed by atoms with Crippen LogP contribution in [0, 0.1) is 5.92 Å². The number of guanidine groups is 1. The zero-order valence-corrected chi connectivity index (χ0v) is 18.9. The molecule has 0 aromatic heterocycles. The molecule has 0 saturated carbocycles. The molecule has 1 aliphatic heterocycles. The molecule has 1 amide bonds. The Labute approximate surface area is 174 Å². The second-order valence-corrected chi connectivity index (χ2v) is 6.40. The molecular formula is C18H35IN4O3. The summed E-state index contributed by atoms with van der Waals surface area (Å²) in [5.74, 6) is 0.562. The molecule has 0 radical (unpaired) electrons. The van der Waals surface area contributed by atoms with Crippen LogP contribution < -0.4 is 10.6 Å². The van der Waals surface area contributed by atoms with E-state index in [-0.39, 0.29) is 47.8 Å². The number of esters is 1. The van der Waals surface area contributed by atoms with Gasteiger partial charge < -0.3 is 20.3 Å². The zero-order chi connectivity index (χ0) is 18.7. The van der Waals surface area contributed by atoms with E-state index < -0.39 is 0 Å². The minimum atomic E-state index is -0.129. The van der Waals surface area contributed by atoms with E-state index in [1.54, 1.807) is 0 Å². The molecule has 2 N–H and O–H groups in total. The van der Waals surface area contributed by atoms with Gasteiger partial charge in [0.05, 0.1) is 19.1 Å².